The lowest BCUT2D eigenvalue weighted by Gasteiger charge is -2.05. The summed E-state index contributed by atoms with van der Waals surface area (Å²) < 4.78 is 15.6. The molecule has 2 heterocycles. The molecule has 0 unspecified atom stereocenters. The highest BCUT2D eigenvalue weighted by molar-refractivity contribution is 5.94. The molecule has 1 fully saturated rings. The van der Waals surface area contributed by atoms with Crippen molar-refractivity contribution in [3.05, 3.63) is 53.3 Å². The molecule has 3 aromatic rings. The molecule has 0 bridgehead atoms. The van der Waals surface area contributed by atoms with Crippen LogP contribution in [0.15, 0.2) is 33.3 Å². The Balaban J connectivity index is 1.28. The van der Waals surface area contributed by atoms with Crippen molar-refractivity contribution in [3.63, 3.8) is 0 Å². The first-order valence-corrected chi connectivity index (χ1v) is 8.30. The summed E-state index contributed by atoms with van der Waals surface area (Å²) in [4.78, 5) is 20.5. The van der Waals surface area contributed by atoms with Crippen LogP contribution in [-0.4, -0.2) is 26.2 Å². The van der Waals surface area contributed by atoms with Gasteiger partial charge in [-0.25, -0.2) is 0 Å². The Morgan fingerprint density at radius 2 is 2.00 bits per heavy atom. The van der Waals surface area contributed by atoms with E-state index in [9.17, 15) is 4.79 Å². The molecule has 0 atom stereocenters. The summed E-state index contributed by atoms with van der Waals surface area (Å²) in [5, 5.41) is 10.4. The molecule has 0 aliphatic heterocycles. The fourth-order valence-electron chi connectivity index (χ4n) is 2.36. The predicted octanol–water partition coefficient (Wildman–Crippen LogP) is 2.15. The summed E-state index contributed by atoms with van der Waals surface area (Å²) >= 11 is 0. The van der Waals surface area contributed by atoms with Crippen molar-refractivity contribution in [1.82, 2.24) is 25.6 Å². The maximum atomic E-state index is 12.2. The third-order valence-electron chi connectivity index (χ3n) is 3.88. The Bertz CT molecular complexity index is 898. The molecule has 1 amide bonds. The minimum Gasteiger partial charge on any atom is -0.485 e. The van der Waals surface area contributed by atoms with Gasteiger partial charge < -0.3 is 19.1 Å². The fraction of sp³-hybridized carbons (Fsp3) is 0.353. The molecule has 9 heteroatoms. The summed E-state index contributed by atoms with van der Waals surface area (Å²) in [6, 6.07) is 6.77. The zero-order valence-corrected chi connectivity index (χ0v) is 14.1. The molecule has 4 rings (SSSR count). The number of rotatable bonds is 7. The lowest BCUT2D eigenvalue weighted by atomic mass is 10.2. The third kappa shape index (κ3) is 3.88. The second-order valence-corrected chi connectivity index (χ2v) is 6.05. The first-order chi connectivity index (χ1) is 12.7. The molecule has 1 aliphatic rings. The summed E-state index contributed by atoms with van der Waals surface area (Å²) in [6.07, 6.45) is 2.21. The van der Waals surface area contributed by atoms with Crippen LogP contribution < -0.4 is 10.1 Å². The number of hydrogen-bond donors (Lipinski definition) is 1. The van der Waals surface area contributed by atoms with Gasteiger partial charge in [0.15, 0.2) is 12.4 Å². The number of nitrogens with one attached hydrogen (secondary N) is 1. The van der Waals surface area contributed by atoms with E-state index in [-0.39, 0.29) is 19.1 Å². The van der Waals surface area contributed by atoms with Crippen LogP contribution in [0.4, 0.5) is 0 Å². The standard InChI is InChI=1S/C17H17N5O4/c1-10-19-14(21-25-10)9-24-13-6-4-12(5-7-13)17(23)18-8-15-20-16(22-26-15)11-2-3-11/h4-7,11H,2-3,8-9H2,1H3,(H,18,23). The quantitative estimate of drug-likeness (QED) is 0.685. The Kier molecular flexibility index (Phi) is 4.34. The number of carbonyl (C=O) groups excluding carboxylic acids is 1. The van der Waals surface area contributed by atoms with Gasteiger partial charge in [-0.05, 0) is 37.1 Å². The van der Waals surface area contributed by atoms with Crippen LogP contribution in [-0.2, 0) is 13.2 Å². The molecule has 1 N–H and O–H groups in total. The van der Waals surface area contributed by atoms with E-state index in [1.807, 2.05) is 0 Å². The molecule has 0 saturated heterocycles. The average molecular weight is 355 g/mol. The molecule has 1 saturated carbocycles. The molecular formula is C17H17N5O4. The maximum absolute atomic E-state index is 12.2. The Labute approximate surface area is 148 Å². The van der Waals surface area contributed by atoms with Crippen molar-refractivity contribution in [2.45, 2.75) is 38.8 Å². The van der Waals surface area contributed by atoms with Gasteiger partial charge in [-0.2, -0.15) is 9.97 Å². The molecule has 134 valence electrons. The van der Waals surface area contributed by atoms with Gasteiger partial charge in [0.2, 0.25) is 17.6 Å². The van der Waals surface area contributed by atoms with E-state index in [0.29, 0.717) is 34.8 Å². The Morgan fingerprint density at radius 3 is 2.69 bits per heavy atom. The van der Waals surface area contributed by atoms with E-state index in [2.05, 4.69) is 25.6 Å². The zero-order chi connectivity index (χ0) is 17.9. The van der Waals surface area contributed by atoms with E-state index in [1.165, 1.54) is 0 Å². The topological polar surface area (TPSA) is 116 Å². The number of benzene rings is 1. The van der Waals surface area contributed by atoms with Crippen molar-refractivity contribution >= 4 is 5.91 Å². The Hall–Kier alpha value is -3.23. The molecule has 9 nitrogen and oxygen atoms in total. The fourth-order valence-corrected chi connectivity index (χ4v) is 2.36. The molecule has 1 aromatic carbocycles. The third-order valence-corrected chi connectivity index (χ3v) is 3.88. The first-order valence-electron chi connectivity index (χ1n) is 8.30. The zero-order valence-electron chi connectivity index (χ0n) is 14.1. The van der Waals surface area contributed by atoms with Crippen molar-refractivity contribution in [3.8, 4) is 5.75 Å². The minimum atomic E-state index is -0.225. The van der Waals surface area contributed by atoms with Gasteiger partial charge in [0.1, 0.15) is 5.75 Å². The normalized spacial score (nSPS) is 13.6. The lowest BCUT2D eigenvalue weighted by Crippen LogP contribution is -2.22. The van der Waals surface area contributed by atoms with Crippen LogP contribution in [0, 0.1) is 6.92 Å². The molecule has 0 radical (unpaired) electrons. The van der Waals surface area contributed by atoms with Gasteiger partial charge in [-0.3, -0.25) is 4.79 Å². The van der Waals surface area contributed by atoms with Crippen LogP contribution in [0.5, 0.6) is 5.75 Å². The van der Waals surface area contributed by atoms with Crippen LogP contribution in [0.2, 0.25) is 0 Å². The number of amides is 1. The van der Waals surface area contributed by atoms with Gasteiger partial charge in [0.25, 0.3) is 5.91 Å². The number of ether oxygens (including phenoxy) is 1. The monoisotopic (exact) mass is 355 g/mol. The summed E-state index contributed by atoms with van der Waals surface area (Å²) in [7, 11) is 0. The highest BCUT2D eigenvalue weighted by Gasteiger charge is 2.28. The number of carbonyl (C=O) groups is 1. The smallest absolute Gasteiger partial charge is 0.251 e. The van der Waals surface area contributed by atoms with Crippen LogP contribution in [0.1, 0.15) is 52.5 Å². The summed E-state index contributed by atoms with van der Waals surface area (Å²) in [6.45, 7) is 2.11. The van der Waals surface area contributed by atoms with Gasteiger partial charge in [0, 0.05) is 18.4 Å². The number of aryl methyl sites for hydroxylation is 1. The van der Waals surface area contributed by atoms with Gasteiger partial charge in [-0.15, -0.1) is 0 Å². The van der Waals surface area contributed by atoms with Gasteiger partial charge in [0.05, 0.1) is 6.54 Å². The van der Waals surface area contributed by atoms with Crippen molar-refractivity contribution in [2.75, 3.05) is 0 Å². The summed E-state index contributed by atoms with van der Waals surface area (Å²) in [5.41, 5.74) is 0.509. The second kappa shape index (κ2) is 6.95. The van der Waals surface area contributed by atoms with Crippen LogP contribution in [0.3, 0.4) is 0 Å². The highest BCUT2D eigenvalue weighted by Crippen LogP contribution is 2.38. The van der Waals surface area contributed by atoms with Crippen LogP contribution in [0.25, 0.3) is 0 Å². The molecule has 0 spiro atoms. The van der Waals surface area contributed by atoms with E-state index in [0.717, 1.165) is 18.7 Å². The van der Waals surface area contributed by atoms with Gasteiger partial charge in [-0.1, -0.05) is 10.3 Å². The molecule has 26 heavy (non-hydrogen) atoms. The maximum Gasteiger partial charge on any atom is 0.251 e. The average Bonchev–Trinajstić information content (AvgIpc) is 3.25. The van der Waals surface area contributed by atoms with E-state index in [1.54, 1.807) is 31.2 Å². The van der Waals surface area contributed by atoms with E-state index in [4.69, 9.17) is 13.8 Å². The SMILES string of the molecule is Cc1nc(COc2ccc(C(=O)NCc3nc(C4CC4)no3)cc2)no1. The lowest BCUT2D eigenvalue weighted by molar-refractivity contribution is 0.0946. The second-order valence-electron chi connectivity index (χ2n) is 6.05. The molecule has 2 aromatic heterocycles. The van der Waals surface area contributed by atoms with Crippen molar-refractivity contribution < 1.29 is 18.6 Å². The minimum absolute atomic E-state index is 0.198. The first kappa shape index (κ1) is 16.2. The van der Waals surface area contributed by atoms with E-state index >= 15 is 0 Å². The highest BCUT2D eigenvalue weighted by atomic mass is 16.5. The van der Waals surface area contributed by atoms with E-state index < -0.39 is 0 Å². The molecule has 1 aliphatic carbocycles. The predicted molar refractivity (Wildman–Crippen MR) is 87.3 cm³/mol. The summed E-state index contributed by atoms with van der Waals surface area (Å²) in [5.74, 6) is 2.90. The van der Waals surface area contributed by atoms with Gasteiger partial charge >= 0.3 is 0 Å². The van der Waals surface area contributed by atoms with Crippen molar-refractivity contribution in [2.24, 2.45) is 0 Å². The van der Waals surface area contributed by atoms with Crippen LogP contribution >= 0.6 is 0 Å². The molecular weight excluding hydrogens is 338 g/mol. The Morgan fingerprint density at radius 1 is 1.19 bits per heavy atom. The largest absolute Gasteiger partial charge is 0.485 e. The number of hydrogen-bond acceptors (Lipinski definition) is 8. The number of nitrogens with zero attached hydrogens (tertiary/aromatic N) is 4. The number of aromatic nitrogens is 4. The van der Waals surface area contributed by atoms with Crippen molar-refractivity contribution in [1.29, 1.82) is 0 Å².